The summed E-state index contributed by atoms with van der Waals surface area (Å²) in [6.07, 6.45) is 4.27. The lowest BCUT2D eigenvalue weighted by atomic mass is 10.1. The summed E-state index contributed by atoms with van der Waals surface area (Å²) < 4.78 is 31.9. The minimum atomic E-state index is -1.05. The Morgan fingerprint density at radius 2 is 1.15 bits per heavy atom. The van der Waals surface area contributed by atoms with Gasteiger partial charge in [-0.05, 0) is 113 Å². The van der Waals surface area contributed by atoms with Crippen molar-refractivity contribution in [3.8, 4) is 61.8 Å². The van der Waals surface area contributed by atoms with Crippen molar-refractivity contribution in [3.05, 3.63) is 155 Å². The van der Waals surface area contributed by atoms with Crippen LogP contribution in [0.5, 0.6) is 23.0 Å². The van der Waals surface area contributed by atoms with Gasteiger partial charge in [0, 0.05) is 51.3 Å². The van der Waals surface area contributed by atoms with Gasteiger partial charge in [0.1, 0.15) is 33.7 Å². The molecule has 4 heterocycles. The Balaban J connectivity index is 0.000000359. The number of aryl methyl sites for hydroxylation is 1. The molecule has 0 aliphatic heterocycles. The highest BCUT2D eigenvalue weighted by Crippen LogP contribution is 2.37. The van der Waals surface area contributed by atoms with Gasteiger partial charge < -0.3 is 43.8 Å². The number of carboxylic acid groups (broad SMARTS) is 4. The predicted octanol–water partition coefficient (Wildman–Crippen LogP) is 11.6. The van der Waals surface area contributed by atoms with Gasteiger partial charge in [0.15, 0.2) is 24.4 Å². The smallest absolute Gasteiger partial charge is 0.344 e. The molecule has 20 nitrogen and oxygen atoms in total. The fourth-order valence-electron chi connectivity index (χ4n) is 6.33. The van der Waals surface area contributed by atoms with Gasteiger partial charge >= 0.3 is 23.9 Å². The first kappa shape index (κ1) is 69.2. The van der Waals surface area contributed by atoms with Crippen molar-refractivity contribution < 1.29 is 63.0 Å². The first-order valence-corrected chi connectivity index (χ1v) is 24.8. The van der Waals surface area contributed by atoms with E-state index in [2.05, 4.69) is 41.3 Å². The number of fused-ring (bicyclic) bond motifs is 1. The average molecular weight is 1300 g/mol. The second-order valence-corrected chi connectivity index (χ2v) is 18.7. The van der Waals surface area contributed by atoms with E-state index in [4.69, 9.17) is 67.0 Å². The summed E-state index contributed by atoms with van der Waals surface area (Å²) in [4.78, 5) is 48.0. The summed E-state index contributed by atoms with van der Waals surface area (Å²) in [7, 11) is 1.80. The van der Waals surface area contributed by atoms with Crippen LogP contribution in [0, 0.1) is 0 Å². The molecule has 9 aromatic rings. The van der Waals surface area contributed by atoms with Crippen LogP contribution in [-0.4, -0.2) is 103 Å². The van der Waals surface area contributed by atoms with Crippen LogP contribution in [0.15, 0.2) is 149 Å². The summed E-state index contributed by atoms with van der Waals surface area (Å²) in [5, 5.41) is 53.0. The number of para-hydroxylation sites is 2. The number of carbonyl (C=O) groups is 4. The lowest BCUT2D eigenvalue weighted by Gasteiger charge is -2.14. The second-order valence-electron chi connectivity index (χ2n) is 15.9. The van der Waals surface area contributed by atoms with Crippen LogP contribution in [-0.2, 0) is 26.2 Å². The van der Waals surface area contributed by atoms with Crippen LogP contribution in [0.1, 0.15) is 27.7 Å². The highest BCUT2D eigenvalue weighted by atomic mass is 79.9. The van der Waals surface area contributed by atoms with Crippen LogP contribution in [0.2, 0.25) is 10.0 Å². The highest BCUT2D eigenvalue weighted by molar-refractivity contribution is 9.10. The van der Waals surface area contributed by atoms with E-state index in [1.807, 2.05) is 48.7 Å². The summed E-state index contributed by atoms with van der Waals surface area (Å²) in [6.45, 7) is 5.90. The molecule has 5 aromatic carbocycles. The van der Waals surface area contributed by atoms with Crippen molar-refractivity contribution in [2.75, 3.05) is 0 Å². The van der Waals surface area contributed by atoms with Gasteiger partial charge in [-0.1, -0.05) is 63.4 Å². The molecule has 0 spiro atoms. The van der Waals surface area contributed by atoms with Gasteiger partial charge in [-0.3, -0.25) is 4.68 Å². The van der Waals surface area contributed by atoms with Gasteiger partial charge in [-0.2, -0.15) is 64.2 Å². The maximum Gasteiger partial charge on any atom is 0.344 e. The molecule has 9 rings (SSSR count). The summed E-state index contributed by atoms with van der Waals surface area (Å²) in [5.41, 5.74) is 4.41. The van der Waals surface area contributed by atoms with Crippen LogP contribution in [0.25, 0.3) is 49.1 Å². The first-order valence-electron chi connectivity index (χ1n) is 22.4. The molecule has 4 atom stereocenters. The molecule has 0 saturated heterocycles. The zero-order valence-corrected chi connectivity index (χ0v) is 50.6. The Kier molecular flexibility index (Phi) is 28.5. The van der Waals surface area contributed by atoms with Crippen molar-refractivity contribution in [1.82, 2.24) is 34.7 Å². The molecule has 0 unspecified atom stereocenters. The molecule has 0 amide bonds. The Hall–Kier alpha value is -6.91. The molecule has 28 heteroatoms. The molecule has 4 N–H and O–H groups in total. The Labute approximate surface area is 508 Å². The summed E-state index contributed by atoms with van der Waals surface area (Å²) in [5.74, 6) is -2.04. The Morgan fingerprint density at radius 1 is 0.625 bits per heavy atom. The number of rotatable bonds is 16. The van der Waals surface area contributed by atoms with Crippen LogP contribution < -0.4 is 18.9 Å². The van der Waals surface area contributed by atoms with Gasteiger partial charge in [-0.15, -0.1) is 21.5 Å². The Morgan fingerprint density at radius 3 is 1.69 bits per heavy atom. The monoisotopic (exact) mass is 1290 g/mol. The number of benzene rings is 5. The van der Waals surface area contributed by atoms with E-state index >= 15 is 0 Å². The second kappa shape index (κ2) is 33.0. The molecular formula is C52H54BrCl2N7O13S5. The lowest BCUT2D eigenvalue weighted by Crippen LogP contribution is -2.23. The number of carboxylic acids is 4. The molecule has 0 radical (unpaired) electrons. The normalized spacial score (nSPS) is 11.6. The molecule has 426 valence electrons. The topological polar surface area (TPSA) is 274 Å². The SMILES string of the molecule is C[C@H](Oc1ccc(Br)cc1-c1nnco1)C(=O)O.C[C@H](Oc1ccc(Cl)cc1-c1cnn(C)c1)C(=O)O.C[C@H](Oc1ccc(Cl)cc1-n1cccn1)C(=O)O.C[C@H](Oc1ccccc1-c1nc2ccccc2s1)C(=O)O.S.S.S.S. The van der Waals surface area contributed by atoms with Gasteiger partial charge in [0.2, 0.25) is 6.39 Å². The third-order valence-electron chi connectivity index (χ3n) is 10.2. The van der Waals surface area contributed by atoms with Crippen LogP contribution in [0.4, 0.5) is 0 Å². The standard InChI is InChI=1S/C16H13NO3S.C13H13ClN2O3.C12H11ClN2O3.C11H9BrN2O4.4H2S/c1-10(16(18)19)20-13-8-4-2-6-11(13)15-17-12-7-3-5-9-14(12)21-15;1-8(13(17)18)19-12-4-3-10(14)5-11(12)9-6-15-16(2)7-9;1-8(12(16)17)18-11-4-3-9(13)7-10(11)15-6-2-5-14-15;1-6(11(15)16)18-9-3-2-7(12)4-8(9)10-14-13-5-17-10;;;;/h2-10H,1H3,(H,18,19);3-8H,1-2H3,(H,17,18);2-8H,1H3,(H,16,17);2-6H,1H3,(H,15,16);4*1H2/t10-;2*8-;6-;;;;/m0000..../s1. The highest BCUT2D eigenvalue weighted by Gasteiger charge is 2.21. The summed E-state index contributed by atoms with van der Waals surface area (Å²) >= 11 is 16.8. The van der Waals surface area contributed by atoms with E-state index in [-0.39, 0.29) is 59.9 Å². The third-order valence-corrected chi connectivity index (χ3v) is 12.2. The number of aromatic nitrogens is 7. The molecular weight excluding hydrogens is 1240 g/mol. The number of nitrogens with zero attached hydrogens (tertiary/aromatic N) is 7. The third kappa shape index (κ3) is 19.7. The maximum absolute atomic E-state index is 11.0. The van der Waals surface area contributed by atoms with Crippen LogP contribution >= 0.6 is 104 Å². The molecule has 4 aromatic heterocycles. The molecule has 0 aliphatic carbocycles. The van der Waals surface area contributed by atoms with E-state index in [1.54, 1.807) is 113 Å². The quantitative estimate of drug-likeness (QED) is 0.0700. The minimum Gasteiger partial charge on any atom is -0.479 e. The molecule has 0 aliphatic rings. The Bertz CT molecular complexity index is 3300. The number of hydrogen-bond donors (Lipinski definition) is 4. The van der Waals surface area contributed by atoms with Crippen molar-refractivity contribution in [2.24, 2.45) is 7.05 Å². The number of aliphatic carboxylic acids is 4. The number of halogens is 3. The fraction of sp³-hybridized carbons (Fsp3) is 0.173. The molecule has 0 saturated carbocycles. The molecule has 0 fully saturated rings. The van der Waals surface area contributed by atoms with E-state index in [0.717, 1.165) is 30.8 Å². The lowest BCUT2D eigenvalue weighted by molar-refractivity contribution is -0.145. The first-order chi connectivity index (χ1) is 36.3. The zero-order chi connectivity index (χ0) is 55.1. The molecule has 0 bridgehead atoms. The van der Waals surface area contributed by atoms with Crippen molar-refractivity contribution in [3.63, 3.8) is 0 Å². The summed E-state index contributed by atoms with van der Waals surface area (Å²) in [6, 6.07) is 32.1. The van der Waals surface area contributed by atoms with Gasteiger partial charge in [0.05, 0.1) is 27.5 Å². The van der Waals surface area contributed by atoms with E-state index in [9.17, 15) is 19.2 Å². The zero-order valence-electron chi connectivity index (χ0n) is 42.7. The largest absolute Gasteiger partial charge is 0.479 e. The molecule has 80 heavy (non-hydrogen) atoms. The van der Waals surface area contributed by atoms with Gasteiger partial charge in [-0.25, -0.2) is 28.8 Å². The van der Waals surface area contributed by atoms with Crippen molar-refractivity contribution in [2.45, 2.75) is 52.1 Å². The number of thiazole rings is 1. The number of hydrogen-bond acceptors (Lipinski definition) is 15. The van der Waals surface area contributed by atoms with E-state index in [0.29, 0.717) is 49.9 Å². The number of ether oxygens (including phenoxy) is 4. The van der Waals surface area contributed by atoms with E-state index < -0.39 is 48.3 Å². The van der Waals surface area contributed by atoms with Crippen LogP contribution in [0.3, 0.4) is 0 Å². The minimum absolute atomic E-state index is 0. The van der Waals surface area contributed by atoms with E-state index in [1.165, 1.54) is 34.1 Å². The predicted molar refractivity (Wildman–Crippen MR) is 327 cm³/mol. The van der Waals surface area contributed by atoms with Gasteiger partial charge in [0.25, 0.3) is 5.89 Å². The van der Waals surface area contributed by atoms with Crippen molar-refractivity contribution in [1.29, 1.82) is 0 Å². The fourth-order valence-corrected chi connectivity index (χ4v) is 8.03. The van der Waals surface area contributed by atoms with Crippen molar-refractivity contribution >= 4 is 139 Å². The average Bonchev–Trinajstić information content (AvgIpc) is 4.26. The maximum atomic E-state index is 11.0.